The second-order valence-electron chi connectivity index (χ2n) is 2.27. The minimum absolute atomic E-state index is 0.386. The van der Waals surface area contributed by atoms with Gasteiger partial charge in [-0.2, -0.15) is 0 Å². The summed E-state index contributed by atoms with van der Waals surface area (Å²) in [6.07, 6.45) is 2.48. The smallest absolute Gasteiger partial charge is 0.0993 e. The Morgan fingerprint density at radius 3 is 2.56 bits per heavy atom. The Morgan fingerprint density at radius 2 is 2.22 bits per heavy atom. The first-order valence-corrected chi connectivity index (χ1v) is 3.24. The van der Waals surface area contributed by atoms with E-state index in [1.807, 2.05) is 13.8 Å². The van der Waals surface area contributed by atoms with Crippen LogP contribution in [0.1, 0.15) is 20.3 Å². The van der Waals surface area contributed by atoms with Crippen LogP contribution in [0.15, 0.2) is 12.7 Å². The molecule has 0 radical (unpaired) electrons. The van der Waals surface area contributed by atoms with Gasteiger partial charge in [-0.15, -0.1) is 18.2 Å². The summed E-state index contributed by atoms with van der Waals surface area (Å²) in [7, 11) is 0. The lowest BCUT2D eigenvalue weighted by Crippen LogP contribution is -2.04. The molecule has 0 aliphatic rings. The van der Waals surface area contributed by atoms with E-state index >= 15 is 0 Å². The molecule has 0 amide bonds. The Morgan fingerprint density at radius 1 is 1.67 bits per heavy atom. The third kappa shape index (κ3) is 7.59. The van der Waals surface area contributed by atoms with Crippen LogP contribution >= 0.6 is 11.6 Å². The first-order chi connectivity index (χ1) is 4.06. The van der Waals surface area contributed by atoms with Crippen molar-refractivity contribution in [3.05, 3.63) is 12.7 Å². The van der Waals surface area contributed by atoms with E-state index in [9.17, 15) is 0 Å². The number of halogens is 1. The van der Waals surface area contributed by atoms with Crippen LogP contribution in [0.2, 0.25) is 0 Å². The van der Waals surface area contributed by atoms with Crippen molar-refractivity contribution in [2.24, 2.45) is 0 Å². The van der Waals surface area contributed by atoms with Gasteiger partial charge in [0.05, 0.1) is 4.87 Å². The van der Waals surface area contributed by atoms with Crippen LogP contribution in [0.3, 0.4) is 0 Å². The van der Waals surface area contributed by atoms with Crippen LogP contribution in [-0.4, -0.2) is 4.87 Å². The van der Waals surface area contributed by atoms with Crippen molar-refractivity contribution in [3.8, 4) is 11.8 Å². The van der Waals surface area contributed by atoms with Crippen LogP contribution in [0.4, 0.5) is 0 Å². The normalized spacial score (nSPS) is 9.67. The van der Waals surface area contributed by atoms with Crippen molar-refractivity contribution in [2.75, 3.05) is 0 Å². The second kappa shape index (κ2) is 3.58. The molecule has 0 saturated carbocycles. The summed E-state index contributed by atoms with van der Waals surface area (Å²) in [6, 6.07) is 0. The Bertz CT molecular complexity index is 140. The second-order valence-corrected chi connectivity index (χ2v) is 3.21. The summed E-state index contributed by atoms with van der Waals surface area (Å²) in [5.41, 5.74) is 0. The summed E-state index contributed by atoms with van der Waals surface area (Å²) in [5.74, 6) is 5.74. The lowest BCUT2D eigenvalue weighted by Gasteiger charge is -2.02. The van der Waals surface area contributed by atoms with E-state index in [1.54, 1.807) is 6.08 Å². The van der Waals surface area contributed by atoms with Gasteiger partial charge >= 0.3 is 0 Å². The average molecular weight is 143 g/mol. The zero-order valence-corrected chi connectivity index (χ0v) is 6.63. The van der Waals surface area contributed by atoms with Gasteiger partial charge in [-0.05, 0) is 13.8 Å². The molecule has 0 fully saturated rings. The molecule has 0 unspecified atom stereocenters. The Hall–Kier alpha value is -0.410. The Kier molecular flexibility index (Phi) is 3.42. The number of hydrogen-bond donors (Lipinski definition) is 0. The van der Waals surface area contributed by atoms with Gasteiger partial charge in [0.25, 0.3) is 0 Å². The van der Waals surface area contributed by atoms with E-state index in [1.165, 1.54) is 0 Å². The predicted molar refractivity (Wildman–Crippen MR) is 42.5 cm³/mol. The fourth-order valence-electron chi connectivity index (χ4n) is 0.333. The van der Waals surface area contributed by atoms with Gasteiger partial charge in [-0.25, -0.2) is 0 Å². The first-order valence-electron chi connectivity index (χ1n) is 2.86. The Labute approximate surface area is 61.9 Å². The molecule has 0 saturated heterocycles. The van der Waals surface area contributed by atoms with Gasteiger partial charge < -0.3 is 0 Å². The molecule has 0 aromatic carbocycles. The maximum atomic E-state index is 5.76. The molecule has 9 heavy (non-hydrogen) atoms. The van der Waals surface area contributed by atoms with E-state index < -0.39 is 0 Å². The van der Waals surface area contributed by atoms with Gasteiger partial charge in [-0.1, -0.05) is 17.9 Å². The zero-order valence-electron chi connectivity index (χ0n) is 5.87. The third-order valence-corrected chi connectivity index (χ3v) is 0.727. The van der Waals surface area contributed by atoms with E-state index in [4.69, 9.17) is 11.6 Å². The number of allylic oxidation sites excluding steroid dienone is 1. The van der Waals surface area contributed by atoms with E-state index in [0.29, 0.717) is 0 Å². The van der Waals surface area contributed by atoms with Crippen molar-refractivity contribution in [1.29, 1.82) is 0 Å². The summed E-state index contributed by atoms with van der Waals surface area (Å²) in [4.78, 5) is -0.386. The molecule has 1 heteroatoms. The summed E-state index contributed by atoms with van der Waals surface area (Å²) in [6.45, 7) is 7.27. The Balaban J connectivity index is 3.72. The highest BCUT2D eigenvalue weighted by Gasteiger charge is 2.05. The molecular weight excluding hydrogens is 132 g/mol. The van der Waals surface area contributed by atoms with Gasteiger partial charge in [0.1, 0.15) is 0 Å². The molecule has 0 aromatic heterocycles. The topological polar surface area (TPSA) is 0 Å². The molecule has 0 spiro atoms. The molecule has 0 bridgehead atoms. The predicted octanol–water partition coefficient (Wildman–Crippen LogP) is 2.58. The lowest BCUT2D eigenvalue weighted by atomic mass is 10.2. The molecule has 0 nitrogen and oxygen atoms in total. The quantitative estimate of drug-likeness (QED) is 0.300. The highest BCUT2D eigenvalue weighted by Crippen LogP contribution is 2.09. The van der Waals surface area contributed by atoms with Gasteiger partial charge in [0, 0.05) is 6.42 Å². The molecule has 0 heterocycles. The number of hydrogen-bond acceptors (Lipinski definition) is 0. The molecule has 0 N–H and O–H groups in total. The molecule has 0 aliphatic heterocycles. The minimum Gasteiger partial charge on any atom is -0.106 e. The molecule has 0 rings (SSSR count). The maximum Gasteiger partial charge on any atom is 0.0993 e. The third-order valence-electron chi connectivity index (χ3n) is 0.632. The molecule has 50 valence electrons. The van der Waals surface area contributed by atoms with Gasteiger partial charge in [0.2, 0.25) is 0 Å². The monoisotopic (exact) mass is 142 g/mol. The van der Waals surface area contributed by atoms with Crippen molar-refractivity contribution >= 4 is 11.6 Å². The van der Waals surface area contributed by atoms with Crippen LogP contribution in [0.5, 0.6) is 0 Å². The van der Waals surface area contributed by atoms with Crippen LogP contribution in [0, 0.1) is 11.8 Å². The van der Waals surface area contributed by atoms with E-state index in [0.717, 1.165) is 6.42 Å². The van der Waals surface area contributed by atoms with Crippen LogP contribution in [-0.2, 0) is 0 Å². The largest absolute Gasteiger partial charge is 0.106 e. The van der Waals surface area contributed by atoms with Crippen molar-refractivity contribution in [2.45, 2.75) is 25.1 Å². The first kappa shape index (κ1) is 8.59. The molecule has 0 aliphatic carbocycles. The highest BCUT2D eigenvalue weighted by molar-refractivity contribution is 6.25. The van der Waals surface area contributed by atoms with E-state index in [-0.39, 0.29) is 4.87 Å². The van der Waals surface area contributed by atoms with Crippen molar-refractivity contribution in [1.82, 2.24) is 0 Å². The molecular formula is C8H11Cl. The van der Waals surface area contributed by atoms with Crippen molar-refractivity contribution < 1.29 is 0 Å². The fraction of sp³-hybridized carbons (Fsp3) is 0.500. The summed E-state index contributed by atoms with van der Waals surface area (Å²) >= 11 is 5.76. The summed E-state index contributed by atoms with van der Waals surface area (Å²) in [5, 5.41) is 0. The molecule has 0 aromatic rings. The molecule has 0 atom stereocenters. The highest BCUT2D eigenvalue weighted by atomic mass is 35.5. The number of rotatable bonds is 1. The zero-order chi connectivity index (χ0) is 7.33. The number of alkyl halides is 1. The van der Waals surface area contributed by atoms with Gasteiger partial charge in [-0.3, -0.25) is 0 Å². The maximum absolute atomic E-state index is 5.76. The van der Waals surface area contributed by atoms with Crippen LogP contribution < -0.4 is 0 Å². The lowest BCUT2D eigenvalue weighted by molar-refractivity contribution is 0.916. The fourth-order valence-corrected chi connectivity index (χ4v) is 0.400. The standard InChI is InChI=1S/C8H11Cl/c1-4-5-6-7-8(2,3)9/h4H,1,5H2,2-3H3. The summed E-state index contributed by atoms with van der Waals surface area (Å²) < 4.78 is 0. The van der Waals surface area contributed by atoms with Crippen LogP contribution in [0.25, 0.3) is 0 Å². The SMILES string of the molecule is C=CCC#CC(C)(C)Cl. The van der Waals surface area contributed by atoms with Crippen molar-refractivity contribution in [3.63, 3.8) is 0 Å². The van der Waals surface area contributed by atoms with E-state index in [2.05, 4.69) is 18.4 Å². The average Bonchev–Trinajstić information content (AvgIpc) is 1.63. The van der Waals surface area contributed by atoms with Gasteiger partial charge in [0.15, 0.2) is 0 Å². The minimum atomic E-state index is -0.386.